The van der Waals surface area contributed by atoms with E-state index in [4.69, 9.17) is 0 Å². The van der Waals surface area contributed by atoms with Crippen LogP contribution in [0.5, 0.6) is 0 Å². The molecule has 2 atom stereocenters. The molecule has 2 N–H and O–H groups in total. The third-order valence-corrected chi connectivity index (χ3v) is 5.35. The molecular formula is C17H22N3O6S-. The minimum absolute atomic E-state index is 0.0587. The summed E-state index contributed by atoms with van der Waals surface area (Å²) in [4.78, 5) is 34.8. The van der Waals surface area contributed by atoms with Gasteiger partial charge in [0, 0.05) is 24.4 Å². The van der Waals surface area contributed by atoms with Gasteiger partial charge in [0.1, 0.15) is 0 Å². The minimum atomic E-state index is -2.47. The average molecular weight is 396 g/mol. The molecule has 0 heterocycles. The zero-order chi connectivity index (χ0) is 20.0. The van der Waals surface area contributed by atoms with Gasteiger partial charge in [-0.15, -0.1) is 0 Å². The van der Waals surface area contributed by atoms with Crippen molar-refractivity contribution < 1.29 is 23.3 Å². The van der Waals surface area contributed by atoms with Crippen molar-refractivity contribution in [3.05, 3.63) is 39.4 Å². The monoisotopic (exact) mass is 396 g/mol. The molecule has 0 aromatic heterocycles. The highest BCUT2D eigenvalue weighted by molar-refractivity contribution is 7.78. The van der Waals surface area contributed by atoms with Crippen molar-refractivity contribution in [2.45, 2.75) is 43.8 Å². The van der Waals surface area contributed by atoms with Crippen LogP contribution in [0.15, 0.2) is 18.2 Å². The second kappa shape index (κ2) is 9.56. The third kappa shape index (κ3) is 5.83. The van der Waals surface area contributed by atoms with Crippen molar-refractivity contribution in [2.75, 3.05) is 7.05 Å². The number of urea groups is 1. The summed E-state index contributed by atoms with van der Waals surface area (Å²) in [5.41, 5.74) is 0.111. The molecule has 0 spiro atoms. The molecule has 0 bridgehead atoms. The zero-order valence-corrected chi connectivity index (χ0v) is 15.8. The fourth-order valence-corrected chi connectivity index (χ4v) is 3.95. The first-order valence-electron chi connectivity index (χ1n) is 8.67. The average Bonchev–Trinajstić information content (AvgIpc) is 3.12. The summed E-state index contributed by atoms with van der Waals surface area (Å²) in [6, 6.07) is 3.48. The van der Waals surface area contributed by atoms with Gasteiger partial charge in [-0.1, -0.05) is 48.9 Å². The Kier molecular flexibility index (Phi) is 7.43. The molecule has 27 heavy (non-hydrogen) atoms. The molecule has 1 aromatic rings. The molecule has 1 aliphatic carbocycles. The van der Waals surface area contributed by atoms with Crippen LogP contribution in [0, 0.1) is 16.0 Å². The fourth-order valence-electron chi connectivity index (χ4n) is 3.45. The largest absolute Gasteiger partial charge is 0.772 e. The minimum Gasteiger partial charge on any atom is -0.772 e. The molecule has 3 amide bonds. The standard InChI is InChI=1S/C17H23N3O6S/c1-18-17(22)19-16(21)14(8-11-4-2-3-5-11)12-6-7-13(10-27(25)26)15(9-12)20(23)24/h6-7,9,11,14H,2-5,8,10H2,1H3,(H,25,26)(H2,18,19,21,22)/p-1. The van der Waals surface area contributed by atoms with Gasteiger partial charge in [-0.3, -0.25) is 24.4 Å². The maximum absolute atomic E-state index is 12.6. The molecule has 1 saturated carbocycles. The quantitative estimate of drug-likeness (QED) is 0.411. The van der Waals surface area contributed by atoms with Gasteiger partial charge in [0.15, 0.2) is 0 Å². The topological polar surface area (TPSA) is 141 Å². The summed E-state index contributed by atoms with van der Waals surface area (Å²) in [5.74, 6) is -1.43. The molecule has 0 saturated heterocycles. The van der Waals surface area contributed by atoms with Gasteiger partial charge in [0.2, 0.25) is 5.91 Å². The van der Waals surface area contributed by atoms with Crippen LogP contribution in [0.3, 0.4) is 0 Å². The van der Waals surface area contributed by atoms with Crippen molar-refractivity contribution in [1.82, 2.24) is 10.6 Å². The molecule has 1 fully saturated rings. The zero-order valence-electron chi connectivity index (χ0n) is 14.9. The molecule has 2 unspecified atom stereocenters. The number of amides is 3. The number of hydrogen-bond donors (Lipinski definition) is 2. The third-order valence-electron chi connectivity index (χ3n) is 4.81. The summed E-state index contributed by atoms with van der Waals surface area (Å²) in [6.07, 6.45) is 4.57. The van der Waals surface area contributed by atoms with Gasteiger partial charge in [0.25, 0.3) is 5.69 Å². The van der Waals surface area contributed by atoms with Crippen molar-refractivity contribution >= 4 is 28.7 Å². The Hall–Kier alpha value is -2.33. The molecule has 0 aliphatic heterocycles. The van der Waals surface area contributed by atoms with Gasteiger partial charge in [0.05, 0.1) is 10.8 Å². The van der Waals surface area contributed by atoms with Crippen LogP contribution >= 0.6 is 0 Å². The number of rotatable bonds is 7. The first-order chi connectivity index (χ1) is 12.8. The first-order valence-corrected chi connectivity index (χ1v) is 9.91. The van der Waals surface area contributed by atoms with Crippen LogP contribution in [-0.2, 0) is 21.6 Å². The van der Waals surface area contributed by atoms with Crippen molar-refractivity contribution in [1.29, 1.82) is 0 Å². The van der Waals surface area contributed by atoms with Crippen LogP contribution in [0.2, 0.25) is 0 Å². The Balaban J connectivity index is 2.36. The number of carbonyl (C=O) groups excluding carboxylic acids is 2. The Morgan fingerprint density at radius 1 is 1.33 bits per heavy atom. The number of carbonyl (C=O) groups is 2. The summed E-state index contributed by atoms with van der Waals surface area (Å²) in [5, 5.41) is 15.9. The summed E-state index contributed by atoms with van der Waals surface area (Å²) in [6.45, 7) is 0. The number of nitro groups is 1. The van der Waals surface area contributed by atoms with Gasteiger partial charge >= 0.3 is 6.03 Å². The predicted octanol–water partition coefficient (Wildman–Crippen LogP) is 2.09. The van der Waals surface area contributed by atoms with E-state index in [2.05, 4.69) is 10.6 Å². The molecule has 2 rings (SSSR count). The number of nitro benzene ring substituents is 1. The van der Waals surface area contributed by atoms with Gasteiger partial charge in [-0.05, 0) is 17.9 Å². The highest BCUT2D eigenvalue weighted by Gasteiger charge is 2.29. The smallest absolute Gasteiger partial charge is 0.321 e. The lowest BCUT2D eigenvalue weighted by Gasteiger charge is -2.20. The summed E-state index contributed by atoms with van der Waals surface area (Å²) < 4.78 is 21.8. The summed E-state index contributed by atoms with van der Waals surface area (Å²) >= 11 is -2.47. The van der Waals surface area contributed by atoms with E-state index in [9.17, 15) is 28.5 Å². The Bertz CT molecular complexity index is 748. The van der Waals surface area contributed by atoms with Gasteiger partial charge in [-0.2, -0.15) is 0 Å². The molecule has 1 aliphatic rings. The maximum atomic E-state index is 12.6. The van der Waals surface area contributed by atoms with Crippen molar-refractivity contribution in [3.63, 3.8) is 0 Å². The highest BCUT2D eigenvalue weighted by atomic mass is 32.2. The highest BCUT2D eigenvalue weighted by Crippen LogP contribution is 2.36. The Labute approximate surface area is 159 Å². The van der Waals surface area contributed by atoms with E-state index in [0.29, 0.717) is 17.9 Å². The lowest BCUT2D eigenvalue weighted by atomic mass is 9.86. The number of hydrogen-bond acceptors (Lipinski definition) is 6. The molecule has 1 aromatic carbocycles. The number of nitrogens with one attached hydrogen (secondary N) is 2. The fraction of sp³-hybridized carbons (Fsp3) is 0.529. The molecule has 148 valence electrons. The van der Waals surface area contributed by atoms with Crippen molar-refractivity contribution in [3.8, 4) is 0 Å². The van der Waals surface area contributed by atoms with Gasteiger partial charge < -0.3 is 9.87 Å². The maximum Gasteiger partial charge on any atom is 0.321 e. The second-order valence-corrected chi connectivity index (χ2v) is 7.50. The normalized spacial score (nSPS) is 16.5. The molecule has 9 nitrogen and oxygen atoms in total. The van der Waals surface area contributed by atoms with Crippen LogP contribution in [0.1, 0.15) is 49.1 Å². The Morgan fingerprint density at radius 3 is 2.56 bits per heavy atom. The predicted molar refractivity (Wildman–Crippen MR) is 97.6 cm³/mol. The van der Waals surface area contributed by atoms with E-state index < -0.39 is 39.6 Å². The van der Waals surface area contributed by atoms with E-state index in [1.807, 2.05) is 0 Å². The summed E-state index contributed by atoms with van der Waals surface area (Å²) in [7, 11) is 1.39. The van der Waals surface area contributed by atoms with Crippen LogP contribution in [0.4, 0.5) is 10.5 Å². The van der Waals surface area contributed by atoms with Crippen LogP contribution in [0.25, 0.3) is 0 Å². The van der Waals surface area contributed by atoms with Crippen LogP contribution in [-0.4, -0.2) is 32.7 Å². The van der Waals surface area contributed by atoms with Crippen molar-refractivity contribution in [2.24, 2.45) is 5.92 Å². The molecule has 0 radical (unpaired) electrons. The number of benzene rings is 1. The van der Waals surface area contributed by atoms with E-state index >= 15 is 0 Å². The van der Waals surface area contributed by atoms with Gasteiger partial charge in [-0.25, -0.2) is 4.79 Å². The first kappa shape index (κ1) is 21.0. The lowest BCUT2D eigenvalue weighted by Crippen LogP contribution is -2.40. The van der Waals surface area contributed by atoms with Crippen LogP contribution < -0.4 is 10.6 Å². The number of nitrogens with zero attached hydrogens (tertiary/aromatic N) is 1. The SMILES string of the molecule is CNC(=O)NC(=O)C(CC1CCCC1)c1ccc(CS(=O)[O-])c([N+](=O)[O-])c1. The van der Waals surface area contributed by atoms with E-state index in [0.717, 1.165) is 25.7 Å². The van der Waals surface area contributed by atoms with E-state index in [-0.39, 0.29) is 11.3 Å². The molecule has 10 heteroatoms. The van der Waals surface area contributed by atoms with E-state index in [1.54, 1.807) is 0 Å². The van der Waals surface area contributed by atoms with E-state index in [1.165, 1.54) is 25.2 Å². The number of imide groups is 1. The second-order valence-electron chi connectivity index (χ2n) is 6.60. The lowest BCUT2D eigenvalue weighted by molar-refractivity contribution is -0.385. The molecular weight excluding hydrogens is 374 g/mol. The Morgan fingerprint density at radius 2 is 2.00 bits per heavy atom.